The minimum atomic E-state index is -0.675. The fourth-order valence-electron chi connectivity index (χ4n) is 5.81. The Bertz CT molecular complexity index is 1170. The van der Waals surface area contributed by atoms with Gasteiger partial charge in [0.05, 0.1) is 12.1 Å². The van der Waals surface area contributed by atoms with E-state index in [2.05, 4.69) is 34.6 Å². The van der Waals surface area contributed by atoms with Crippen molar-refractivity contribution in [3.05, 3.63) is 58.4 Å². The molecule has 1 aromatic heterocycles. The van der Waals surface area contributed by atoms with E-state index in [0.29, 0.717) is 52.2 Å². The molecule has 1 unspecified atom stereocenters. The van der Waals surface area contributed by atoms with E-state index in [1.54, 1.807) is 0 Å². The molecular formula is C28H34N6OS. The van der Waals surface area contributed by atoms with Gasteiger partial charge in [0.1, 0.15) is 22.2 Å². The Morgan fingerprint density at radius 1 is 1.22 bits per heavy atom. The fourth-order valence-corrected chi connectivity index (χ4v) is 6.87. The predicted molar refractivity (Wildman–Crippen MR) is 144 cm³/mol. The Kier molecular flexibility index (Phi) is 8.18. The molecule has 1 amide bonds. The van der Waals surface area contributed by atoms with Crippen LogP contribution in [0.5, 0.6) is 0 Å². The van der Waals surface area contributed by atoms with Gasteiger partial charge >= 0.3 is 0 Å². The van der Waals surface area contributed by atoms with Crippen molar-refractivity contribution in [3.63, 3.8) is 0 Å². The number of benzene rings is 1. The second-order valence-electron chi connectivity index (χ2n) is 9.77. The lowest BCUT2D eigenvalue weighted by Gasteiger charge is -2.41. The van der Waals surface area contributed by atoms with Crippen LogP contribution in [-0.2, 0) is 11.2 Å². The normalized spacial score (nSPS) is 21.6. The topological polar surface area (TPSA) is 90.6 Å². The van der Waals surface area contributed by atoms with E-state index in [1.807, 2.05) is 37.3 Å². The van der Waals surface area contributed by atoms with E-state index < -0.39 is 11.2 Å². The molecule has 0 radical (unpaired) electrons. The third kappa shape index (κ3) is 5.07. The Morgan fingerprint density at radius 2 is 1.86 bits per heavy atom. The monoisotopic (exact) mass is 502 g/mol. The van der Waals surface area contributed by atoms with Crippen molar-refractivity contribution in [2.45, 2.75) is 81.3 Å². The van der Waals surface area contributed by atoms with Crippen LogP contribution >= 0.6 is 11.8 Å². The average molecular weight is 503 g/mol. The maximum absolute atomic E-state index is 12.4. The van der Waals surface area contributed by atoms with Gasteiger partial charge < -0.3 is 10.6 Å². The number of nitrogens with two attached hydrogens (primary N) is 1. The van der Waals surface area contributed by atoms with Crippen LogP contribution in [0.1, 0.15) is 68.4 Å². The molecule has 3 heterocycles. The van der Waals surface area contributed by atoms with Crippen molar-refractivity contribution in [3.8, 4) is 6.07 Å². The lowest BCUT2D eigenvalue weighted by molar-refractivity contribution is -0.117. The fraction of sp³-hybridized carbons (Fsp3) is 0.500. The summed E-state index contributed by atoms with van der Waals surface area (Å²) in [7, 11) is 0. The van der Waals surface area contributed by atoms with Crippen LogP contribution < -0.4 is 10.6 Å². The molecule has 36 heavy (non-hydrogen) atoms. The SMILES string of the molecule is [C-]#[N+]c1c(N2CCC(N3[C@H](C)CC[C@@H]3C)CC2)nc(SC(C(N)=O)c2ccccc2)c(C#N)c1CC. The van der Waals surface area contributed by atoms with Gasteiger partial charge in [0.15, 0.2) is 0 Å². The summed E-state index contributed by atoms with van der Waals surface area (Å²) in [4.78, 5) is 26.0. The maximum Gasteiger partial charge on any atom is 0.235 e. The molecule has 2 aliphatic heterocycles. The highest BCUT2D eigenvalue weighted by atomic mass is 32.2. The molecule has 2 saturated heterocycles. The van der Waals surface area contributed by atoms with Crippen LogP contribution in [-0.4, -0.2) is 47.0 Å². The zero-order chi connectivity index (χ0) is 25.8. The summed E-state index contributed by atoms with van der Waals surface area (Å²) in [5, 5.41) is 9.83. The number of hydrogen-bond acceptors (Lipinski definition) is 6. The van der Waals surface area contributed by atoms with Gasteiger partial charge in [-0.25, -0.2) is 9.83 Å². The summed E-state index contributed by atoms with van der Waals surface area (Å²) >= 11 is 1.20. The first kappa shape index (κ1) is 26.0. The number of carbonyl (C=O) groups is 1. The first-order valence-corrected chi connectivity index (χ1v) is 13.6. The van der Waals surface area contributed by atoms with E-state index in [1.165, 1.54) is 24.6 Å². The molecule has 2 aromatic rings. The molecule has 4 rings (SSSR count). The van der Waals surface area contributed by atoms with Crippen LogP contribution in [0, 0.1) is 17.9 Å². The molecule has 2 fully saturated rings. The highest BCUT2D eigenvalue weighted by molar-refractivity contribution is 8.00. The van der Waals surface area contributed by atoms with Crippen molar-refractivity contribution in [2.24, 2.45) is 5.73 Å². The number of thioether (sulfide) groups is 1. The maximum atomic E-state index is 12.4. The second kappa shape index (κ2) is 11.3. The first-order chi connectivity index (χ1) is 17.4. The third-order valence-corrected chi connectivity index (χ3v) is 8.85. The molecule has 3 atom stereocenters. The average Bonchev–Trinajstić information content (AvgIpc) is 3.24. The third-order valence-electron chi connectivity index (χ3n) is 7.59. The molecule has 188 valence electrons. The van der Waals surface area contributed by atoms with E-state index in [9.17, 15) is 10.1 Å². The number of likely N-dealkylation sites (tertiary alicyclic amines) is 1. The molecule has 7 nitrogen and oxygen atoms in total. The summed E-state index contributed by atoms with van der Waals surface area (Å²) in [6, 6.07) is 13.4. The second-order valence-corrected chi connectivity index (χ2v) is 10.9. The quantitative estimate of drug-likeness (QED) is 0.412. The van der Waals surface area contributed by atoms with Crippen LogP contribution in [0.15, 0.2) is 35.4 Å². The molecule has 1 aromatic carbocycles. The molecule has 0 saturated carbocycles. The Labute approximate surface area is 218 Å². The van der Waals surface area contributed by atoms with Gasteiger partial charge in [-0.15, -0.1) is 0 Å². The smallest absolute Gasteiger partial charge is 0.235 e. The largest absolute Gasteiger partial charge is 0.368 e. The summed E-state index contributed by atoms with van der Waals surface area (Å²) in [5.41, 5.74) is 8.06. The van der Waals surface area contributed by atoms with Gasteiger partial charge in [-0.05, 0) is 57.1 Å². The van der Waals surface area contributed by atoms with Crippen molar-refractivity contribution in [1.82, 2.24) is 9.88 Å². The van der Waals surface area contributed by atoms with Crippen LogP contribution in [0.2, 0.25) is 0 Å². The zero-order valence-corrected chi connectivity index (χ0v) is 22.1. The predicted octanol–water partition coefficient (Wildman–Crippen LogP) is 5.23. The number of nitrogens with zero attached hydrogens (tertiary/aromatic N) is 5. The number of anilines is 1. The van der Waals surface area contributed by atoms with Gasteiger partial charge in [0, 0.05) is 31.2 Å². The van der Waals surface area contributed by atoms with E-state index in [4.69, 9.17) is 17.3 Å². The molecule has 0 bridgehead atoms. The zero-order valence-electron chi connectivity index (χ0n) is 21.3. The molecule has 2 aliphatic rings. The van der Waals surface area contributed by atoms with Gasteiger partial charge in [-0.3, -0.25) is 9.69 Å². The summed E-state index contributed by atoms with van der Waals surface area (Å²) in [5.74, 6) is 0.140. The number of pyridine rings is 1. The standard InChI is InChI=1S/C28H34N6OS/c1-5-22-23(17-29)28(36-25(26(30)35)20-9-7-6-8-10-20)32-27(24(22)31-4)33-15-13-21(14-16-33)34-18(2)11-12-19(34)3/h6-10,18-19,21,25H,5,11-16H2,1-3H3,(H2,30,35)/t18-,19+,25?. The lowest BCUT2D eigenvalue weighted by Crippen LogP contribution is -2.48. The first-order valence-electron chi connectivity index (χ1n) is 12.8. The molecule has 0 spiro atoms. The number of rotatable bonds is 7. The van der Waals surface area contributed by atoms with Crippen molar-refractivity contribution >= 4 is 29.2 Å². The van der Waals surface area contributed by atoms with E-state index >= 15 is 0 Å². The highest BCUT2D eigenvalue weighted by Crippen LogP contribution is 2.43. The summed E-state index contributed by atoms with van der Waals surface area (Å²) in [6.07, 6.45) is 5.08. The van der Waals surface area contributed by atoms with Crippen LogP contribution in [0.25, 0.3) is 4.85 Å². The Hall–Kier alpha value is -3.07. The van der Waals surface area contributed by atoms with E-state index in [-0.39, 0.29) is 0 Å². The number of nitriles is 1. The minimum absolute atomic E-state index is 0.369. The van der Waals surface area contributed by atoms with Crippen molar-refractivity contribution in [2.75, 3.05) is 18.0 Å². The lowest BCUT2D eigenvalue weighted by atomic mass is 10.00. The van der Waals surface area contributed by atoms with Crippen molar-refractivity contribution < 1.29 is 4.79 Å². The number of piperidine rings is 1. The van der Waals surface area contributed by atoms with E-state index in [0.717, 1.165) is 31.5 Å². The summed E-state index contributed by atoms with van der Waals surface area (Å²) < 4.78 is 0. The number of aromatic nitrogens is 1. The van der Waals surface area contributed by atoms with Gasteiger partial charge in [-0.1, -0.05) is 49.0 Å². The van der Waals surface area contributed by atoms with Crippen LogP contribution in [0.3, 0.4) is 0 Å². The molecule has 2 N–H and O–H groups in total. The Balaban J connectivity index is 1.67. The van der Waals surface area contributed by atoms with Crippen molar-refractivity contribution in [1.29, 1.82) is 5.26 Å². The van der Waals surface area contributed by atoms with Gasteiger partial charge in [0.25, 0.3) is 0 Å². The molecule has 0 aliphatic carbocycles. The Morgan fingerprint density at radius 3 is 2.39 bits per heavy atom. The highest BCUT2D eigenvalue weighted by Gasteiger charge is 2.36. The minimum Gasteiger partial charge on any atom is -0.368 e. The number of hydrogen-bond donors (Lipinski definition) is 1. The van der Waals surface area contributed by atoms with Crippen LogP contribution in [0.4, 0.5) is 11.5 Å². The number of carbonyl (C=O) groups excluding carboxylic acids is 1. The van der Waals surface area contributed by atoms with Gasteiger partial charge in [-0.2, -0.15) is 5.26 Å². The number of amides is 1. The molecule has 8 heteroatoms. The number of primary amides is 1. The molecular weight excluding hydrogens is 468 g/mol. The summed E-state index contributed by atoms with van der Waals surface area (Å²) in [6.45, 7) is 16.2. The van der Waals surface area contributed by atoms with Gasteiger partial charge in [0.2, 0.25) is 11.6 Å².